The highest BCUT2D eigenvalue weighted by Crippen LogP contribution is 2.33. The number of rotatable bonds is 2. The molecule has 2 amide bonds. The second kappa shape index (κ2) is 2.53. The van der Waals surface area contributed by atoms with Gasteiger partial charge in [0.2, 0.25) is 0 Å². The monoisotopic (exact) mass is 154 g/mol. The first-order valence-corrected chi connectivity index (χ1v) is 3.68. The van der Waals surface area contributed by atoms with Crippen LogP contribution in [-0.2, 0) is 9.59 Å². The molecule has 0 saturated heterocycles. The van der Waals surface area contributed by atoms with Gasteiger partial charge >= 0.3 is 0 Å². The quantitative estimate of drug-likeness (QED) is 0.563. The van der Waals surface area contributed by atoms with Crippen LogP contribution in [-0.4, -0.2) is 11.8 Å². The minimum Gasteiger partial charge on any atom is -0.270 e. The Bertz CT molecular complexity index is 209. The van der Waals surface area contributed by atoms with Gasteiger partial charge in [-0.1, -0.05) is 13.8 Å². The standard InChI is InChI=1S/C7H10N2O2/c1-3-7(4-2)5(10)8-9-6(7)11/h3-4H2,1-2H3. The lowest BCUT2D eigenvalue weighted by Gasteiger charge is -2.17. The predicted molar refractivity (Wildman–Crippen MR) is 37.9 cm³/mol. The van der Waals surface area contributed by atoms with E-state index in [0.717, 1.165) is 0 Å². The fourth-order valence-corrected chi connectivity index (χ4v) is 1.23. The molecule has 1 heterocycles. The molecule has 4 heteroatoms. The molecule has 1 rings (SSSR count). The van der Waals surface area contributed by atoms with Crippen LogP contribution in [0.1, 0.15) is 26.7 Å². The van der Waals surface area contributed by atoms with E-state index in [2.05, 4.69) is 10.2 Å². The number of amides is 2. The average molecular weight is 154 g/mol. The molecule has 0 radical (unpaired) electrons. The van der Waals surface area contributed by atoms with Crippen molar-refractivity contribution in [3.05, 3.63) is 0 Å². The topological polar surface area (TPSA) is 58.9 Å². The molecule has 0 saturated carbocycles. The van der Waals surface area contributed by atoms with Gasteiger partial charge in [0.25, 0.3) is 11.8 Å². The Hall–Kier alpha value is -1.06. The largest absolute Gasteiger partial charge is 0.280 e. The molecule has 1 aliphatic rings. The molecule has 11 heavy (non-hydrogen) atoms. The third kappa shape index (κ3) is 0.895. The van der Waals surface area contributed by atoms with E-state index in [-0.39, 0.29) is 11.8 Å². The number of hydrogen-bond donors (Lipinski definition) is 0. The van der Waals surface area contributed by atoms with E-state index < -0.39 is 5.41 Å². The molecule has 4 nitrogen and oxygen atoms in total. The van der Waals surface area contributed by atoms with Crippen molar-refractivity contribution in [2.24, 2.45) is 15.6 Å². The van der Waals surface area contributed by atoms with Crippen molar-refractivity contribution >= 4 is 11.8 Å². The van der Waals surface area contributed by atoms with Crippen molar-refractivity contribution < 1.29 is 9.59 Å². The predicted octanol–water partition coefficient (Wildman–Crippen LogP) is 1.31. The second-order valence-electron chi connectivity index (χ2n) is 2.60. The Morgan fingerprint density at radius 3 is 1.64 bits per heavy atom. The number of carbonyl (C=O) groups is 2. The normalized spacial score (nSPS) is 21.3. The van der Waals surface area contributed by atoms with Crippen LogP contribution < -0.4 is 0 Å². The van der Waals surface area contributed by atoms with Crippen LogP contribution in [0.5, 0.6) is 0 Å². The van der Waals surface area contributed by atoms with Gasteiger partial charge in [-0.05, 0) is 12.8 Å². The van der Waals surface area contributed by atoms with Gasteiger partial charge in [-0.25, -0.2) is 0 Å². The van der Waals surface area contributed by atoms with Crippen LogP contribution in [0.15, 0.2) is 10.2 Å². The molecule has 0 spiro atoms. The molecule has 60 valence electrons. The van der Waals surface area contributed by atoms with Crippen LogP contribution in [0.2, 0.25) is 0 Å². The minimum absolute atomic E-state index is 0.382. The molecule has 0 bridgehead atoms. The van der Waals surface area contributed by atoms with Crippen LogP contribution in [0.4, 0.5) is 0 Å². The SMILES string of the molecule is CCC1(CC)C(=O)N=NC1=O. The molecular formula is C7H10N2O2. The summed E-state index contributed by atoms with van der Waals surface area (Å²) in [7, 11) is 0. The molecule has 0 aliphatic carbocycles. The van der Waals surface area contributed by atoms with Crippen LogP contribution in [0, 0.1) is 5.41 Å². The zero-order chi connectivity index (χ0) is 8.48. The molecule has 0 unspecified atom stereocenters. The Morgan fingerprint density at radius 1 is 1.09 bits per heavy atom. The first-order valence-electron chi connectivity index (χ1n) is 3.68. The number of azo groups is 1. The summed E-state index contributed by atoms with van der Waals surface area (Å²) in [6.45, 7) is 3.60. The van der Waals surface area contributed by atoms with Gasteiger partial charge in [-0.2, -0.15) is 0 Å². The van der Waals surface area contributed by atoms with E-state index >= 15 is 0 Å². The summed E-state index contributed by atoms with van der Waals surface area (Å²) in [5.74, 6) is -0.764. The Kier molecular flexibility index (Phi) is 1.85. The molecule has 1 aliphatic heterocycles. The molecular weight excluding hydrogens is 144 g/mol. The summed E-state index contributed by atoms with van der Waals surface area (Å²) in [5.41, 5.74) is -0.917. The van der Waals surface area contributed by atoms with E-state index in [9.17, 15) is 9.59 Å². The highest BCUT2D eigenvalue weighted by atomic mass is 16.2. The Labute approximate surface area is 64.7 Å². The Morgan fingerprint density at radius 2 is 1.45 bits per heavy atom. The van der Waals surface area contributed by atoms with Crippen molar-refractivity contribution in [2.45, 2.75) is 26.7 Å². The molecule has 0 N–H and O–H groups in total. The maximum absolute atomic E-state index is 11.1. The third-order valence-corrected chi connectivity index (χ3v) is 2.26. The highest BCUT2D eigenvalue weighted by molar-refractivity contribution is 6.09. The third-order valence-electron chi connectivity index (χ3n) is 2.26. The molecule has 0 aromatic heterocycles. The van der Waals surface area contributed by atoms with Crippen molar-refractivity contribution in [2.75, 3.05) is 0 Å². The fourth-order valence-electron chi connectivity index (χ4n) is 1.23. The van der Waals surface area contributed by atoms with Crippen molar-refractivity contribution in [1.82, 2.24) is 0 Å². The van der Waals surface area contributed by atoms with E-state index in [1.54, 1.807) is 13.8 Å². The van der Waals surface area contributed by atoms with Gasteiger partial charge in [0.1, 0.15) is 5.41 Å². The highest BCUT2D eigenvalue weighted by Gasteiger charge is 2.46. The first-order chi connectivity index (χ1) is 5.17. The van der Waals surface area contributed by atoms with Gasteiger partial charge in [-0.3, -0.25) is 9.59 Å². The van der Waals surface area contributed by atoms with Crippen molar-refractivity contribution in [3.63, 3.8) is 0 Å². The summed E-state index contributed by atoms with van der Waals surface area (Å²) < 4.78 is 0. The molecule has 0 aromatic carbocycles. The van der Waals surface area contributed by atoms with Crippen molar-refractivity contribution in [1.29, 1.82) is 0 Å². The zero-order valence-electron chi connectivity index (χ0n) is 6.63. The van der Waals surface area contributed by atoms with Crippen LogP contribution >= 0.6 is 0 Å². The number of nitrogens with zero attached hydrogens (tertiary/aromatic N) is 2. The van der Waals surface area contributed by atoms with E-state index in [1.165, 1.54) is 0 Å². The summed E-state index contributed by atoms with van der Waals surface area (Å²) in [4.78, 5) is 22.2. The molecule has 0 aromatic rings. The Balaban J connectivity index is 3.00. The summed E-state index contributed by atoms with van der Waals surface area (Å²) in [6.07, 6.45) is 0.988. The van der Waals surface area contributed by atoms with E-state index in [4.69, 9.17) is 0 Å². The van der Waals surface area contributed by atoms with Gasteiger partial charge < -0.3 is 0 Å². The van der Waals surface area contributed by atoms with Crippen molar-refractivity contribution in [3.8, 4) is 0 Å². The zero-order valence-corrected chi connectivity index (χ0v) is 6.63. The lowest BCUT2D eigenvalue weighted by molar-refractivity contribution is -0.136. The molecule has 0 atom stereocenters. The van der Waals surface area contributed by atoms with Gasteiger partial charge in [-0.15, -0.1) is 10.2 Å². The number of hydrogen-bond acceptors (Lipinski definition) is 2. The average Bonchev–Trinajstić information content (AvgIpc) is 2.29. The maximum atomic E-state index is 11.1. The van der Waals surface area contributed by atoms with Gasteiger partial charge in [0.05, 0.1) is 0 Å². The van der Waals surface area contributed by atoms with Gasteiger partial charge in [0, 0.05) is 0 Å². The fraction of sp³-hybridized carbons (Fsp3) is 0.714. The lowest BCUT2D eigenvalue weighted by Crippen LogP contribution is -2.31. The minimum atomic E-state index is -0.917. The number of carbonyl (C=O) groups excluding carboxylic acids is 2. The van der Waals surface area contributed by atoms with E-state index in [0.29, 0.717) is 12.8 Å². The second-order valence-corrected chi connectivity index (χ2v) is 2.60. The summed E-state index contributed by atoms with van der Waals surface area (Å²) in [5, 5.41) is 6.50. The lowest BCUT2D eigenvalue weighted by atomic mass is 9.82. The van der Waals surface area contributed by atoms with Crippen LogP contribution in [0.3, 0.4) is 0 Å². The molecule has 0 fully saturated rings. The summed E-state index contributed by atoms with van der Waals surface area (Å²) in [6, 6.07) is 0. The van der Waals surface area contributed by atoms with Gasteiger partial charge in [0.15, 0.2) is 0 Å². The first kappa shape index (κ1) is 8.04. The smallest absolute Gasteiger partial charge is 0.270 e. The summed E-state index contributed by atoms with van der Waals surface area (Å²) >= 11 is 0. The van der Waals surface area contributed by atoms with Crippen LogP contribution in [0.25, 0.3) is 0 Å². The maximum Gasteiger partial charge on any atom is 0.280 e. The van der Waals surface area contributed by atoms with E-state index in [1.807, 2.05) is 0 Å².